The monoisotopic (exact) mass is 236 g/mol. The van der Waals surface area contributed by atoms with Gasteiger partial charge < -0.3 is 15.7 Å². The predicted octanol–water partition coefficient (Wildman–Crippen LogP) is 0.677. The Kier molecular flexibility index (Phi) is 4.28. The largest absolute Gasteiger partial charge is 0.395 e. The standard InChI is InChI=1S/C12H20N4O/c13-9-10-5-6-14-15-12(10)16(7-8-17)11-3-1-2-4-11/h5-6,11,17H,1-4,7-9,13H2. The summed E-state index contributed by atoms with van der Waals surface area (Å²) in [4.78, 5) is 2.17. The van der Waals surface area contributed by atoms with E-state index in [2.05, 4.69) is 15.1 Å². The van der Waals surface area contributed by atoms with E-state index in [1.54, 1.807) is 6.20 Å². The van der Waals surface area contributed by atoms with Gasteiger partial charge in [-0.1, -0.05) is 12.8 Å². The Hall–Kier alpha value is -1.20. The number of hydrogen-bond donors (Lipinski definition) is 2. The quantitative estimate of drug-likeness (QED) is 0.786. The predicted molar refractivity (Wildman–Crippen MR) is 66.6 cm³/mol. The number of aliphatic hydroxyl groups excluding tert-OH is 1. The van der Waals surface area contributed by atoms with Crippen molar-refractivity contribution in [1.82, 2.24) is 10.2 Å². The first-order chi connectivity index (χ1) is 8.36. The van der Waals surface area contributed by atoms with Gasteiger partial charge in [-0.05, 0) is 18.9 Å². The highest BCUT2D eigenvalue weighted by Gasteiger charge is 2.24. The molecule has 1 aromatic heterocycles. The van der Waals surface area contributed by atoms with E-state index in [0.717, 1.165) is 11.4 Å². The number of aromatic nitrogens is 2. The van der Waals surface area contributed by atoms with Crippen LogP contribution in [0.1, 0.15) is 31.2 Å². The summed E-state index contributed by atoms with van der Waals surface area (Å²) < 4.78 is 0. The molecule has 1 aromatic rings. The van der Waals surface area contributed by atoms with Gasteiger partial charge in [0.1, 0.15) is 0 Å². The molecule has 0 aliphatic heterocycles. The molecule has 0 unspecified atom stereocenters. The molecule has 0 aromatic carbocycles. The fourth-order valence-electron chi connectivity index (χ4n) is 2.54. The molecule has 0 amide bonds. The summed E-state index contributed by atoms with van der Waals surface area (Å²) in [6, 6.07) is 2.38. The smallest absolute Gasteiger partial charge is 0.156 e. The molecule has 1 aliphatic carbocycles. The minimum Gasteiger partial charge on any atom is -0.395 e. The van der Waals surface area contributed by atoms with Crippen molar-refractivity contribution in [2.24, 2.45) is 5.73 Å². The van der Waals surface area contributed by atoms with Crippen molar-refractivity contribution < 1.29 is 5.11 Å². The van der Waals surface area contributed by atoms with Gasteiger partial charge in [0.15, 0.2) is 5.82 Å². The lowest BCUT2D eigenvalue weighted by molar-refractivity contribution is 0.296. The molecule has 0 atom stereocenters. The molecule has 0 bridgehead atoms. The molecule has 0 saturated heterocycles. The van der Waals surface area contributed by atoms with Gasteiger partial charge in [-0.25, -0.2) is 0 Å². The van der Waals surface area contributed by atoms with Crippen molar-refractivity contribution in [2.45, 2.75) is 38.3 Å². The summed E-state index contributed by atoms with van der Waals surface area (Å²) in [5, 5.41) is 17.3. The molecule has 1 fully saturated rings. The van der Waals surface area contributed by atoms with E-state index in [4.69, 9.17) is 5.73 Å². The van der Waals surface area contributed by atoms with Gasteiger partial charge in [-0.15, -0.1) is 5.10 Å². The molecule has 5 heteroatoms. The Morgan fingerprint density at radius 1 is 1.41 bits per heavy atom. The molecule has 0 radical (unpaired) electrons. The van der Waals surface area contributed by atoms with Crippen molar-refractivity contribution in [1.29, 1.82) is 0 Å². The maximum Gasteiger partial charge on any atom is 0.156 e. The Balaban J connectivity index is 2.24. The summed E-state index contributed by atoms with van der Waals surface area (Å²) in [5.41, 5.74) is 6.73. The van der Waals surface area contributed by atoms with E-state index in [1.165, 1.54) is 25.7 Å². The lowest BCUT2D eigenvalue weighted by Crippen LogP contribution is -2.37. The molecular formula is C12H20N4O. The Labute approximate surface area is 102 Å². The van der Waals surface area contributed by atoms with Crippen LogP contribution in [0.5, 0.6) is 0 Å². The Morgan fingerprint density at radius 2 is 2.18 bits per heavy atom. The van der Waals surface area contributed by atoms with Crippen molar-refractivity contribution >= 4 is 5.82 Å². The first kappa shape index (κ1) is 12.3. The first-order valence-electron chi connectivity index (χ1n) is 6.25. The fraction of sp³-hybridized carbons (Fsp3) is 0.667. The van der Waals surface area contributed by atoms with Crippen LogP contribution in [0.15, 0.2) is 12.3 Å². The van der Waals surface area contributed by atoms with E-state index in [9.17, 15) is 5.11 Å². The van der Waals surface area contributed by atoms with E-state index >= 15 is 0 Å². The summed E-state index contributed by atoms with van der Waals surface area (Å²) in [6.07, 6.45) is 6.51. The third kappa shape index (κ3) is 2.73. The molecule has 1 saturated carbocycles. The number of anilines is 1. The fourth-order valence-corrected chi connectivity index (χ4v) is 2.54. The first-order valence-corrected chi connectivity index (χ1v) is 6.25. The molecule has 2 rings (SSSR count). The highest BCUT2D eigenvalue weighted by atomic mass is 16.3. The highest BCUT2D eigenvalue weighted by Crippen LogP contribution is 2.28. The van der Waals surface area contributed by atoms with Crippen LogP contribution in [0.4, 0.5) is 5.82 Å². The zero-order valence-electron chi connectivity index (χ0n) is 10.0. The average molecular weight is 236 g/mol. The number of aliphatic hydroxyl groups is 1. The van der Waals surface area contributed by atoms with Crippen LogP contribution in [-0.4, -0.2) is 34.5 Å². The van der Waals surface area contributed by atoms with Crippen LogP contribution < -0.4 is 10.6 Å². The maximum absolute atomic E-state index is 9.20. The average Bonchev–Trinajstić information content (AvgIpc) is 2.89. The van der Waals surface area contributed by atoms with Crippen LogP contribution in [-0.2, 0) is 6.54 Å². The van der Waals surface area contributed by atoms with Crippen molar-refractivity contribution in [3.63, 3.8) is 0 Å². The van der Waals surface area contributed by atoms with Crippen molar-refractivity contribution in [3.05, 3.63) is 17.8 Å². The van der Waals surface area contributed by atoms with E-state index in [1.807, 2.05) is 6.07 Å². The van der Waals surface area contributed by atoms with Crippen LogP contribution in [0.25, 0.3) is 0 Å². The van der Waals surface area contributed by atoms with Crippen LogP contribution in [0.2, 0.25) is 0 Å². The molecule has 17 heavy (non-hydrogen) atoms. The third-order valence-electron chi connectivity index (χ3n) is 3.38. The number of nitrogens with two attached hydrogens (primary N) is 1. The molecule has 3 N–H and O–H groups in total. The molecular weight excluding hydrogens is 216 g/mol. The Morgan fingerprint density at radius 3 is 2.82 bits per heavy atom. The third-order valence-corrected chi connectivity index (χ3v) is 3.38. The van der Waals surface area contributed by atoms with Crippen LogP contribution in [0.3, 0.4) is 0 Å². The second-order valence-corrected chi connectivity index (χ2v) is 4.44. The van der Waals surface area contributed by atoms with Crippen molar-refractivity contribution in [2.75, 3.05) is 18.1 Å². The van der Waals surface area contributed by atoms with Crippen LogP contribution >= 0.6 is 0 Å². The summed E-state index contributed by atoms with van der Waals surface area (Å²) in [7, 11) is 0. The van der Waals surface area contributed by atoms with Gasteiger partial charge >= 0.3 is 0 Å². The number of rotatable bonds is 5. The maximum atomic E-state index is 9.20. The second kappa shape index (κ2) is 5.93. The minimum atomic E-state index is 0.136. The lowest BCUT2D eigenvalue weighted by Gasteiger charge is -2.30. The van der Waals surface area contributed by atoms with Gasteiger partial charge in [0.05, 0.1) is 12.8 Å². The van der Waals surface area contributed by atoms with E-state index in [0.29, 0.717) is 19.1 Å². The van der Waals surface area contributed by atoms with E-state index < -0.39 is 0 Å². The van der Waals surface area contributed by atoms with Gasteiger partial charge in [-0.2, -0.15) is 5.10 Å². The summed E-state index contributed by atoms with van der Waals surface area (Å²) in [5.74, 6) is 0.843. The summed E-state index contributed by atoms with van der Waals surface area (Å²) >= 11 is 0. The van der Waals surface area contributed by atoms with Gasteiger partial charge in [0.2, 0.25) is 0 Å². The SMILES string of the molecule is NCc1ccnnc1N(CCO)C1CCCC1. The van der Waals surface area contributed by atoms with Gasteiger partial charge in [-0.3, -0.25) is 0 Å². The highest BCUT2D eigenvalue weighted by molar-refractivity contribution is 5.46. The van der Waals surface area contributed by atoms with Crippen LogP contribution in [0, 0.1) is 0 Å². The molecule has 0 spiro atoms. The normalized spacial score (nSPS) is 16.4. The lowest BCUT2D eigenvalue weighted by atomic mass is 10.1. The topological polar surface area (TPSA) is 75.3 Å². The summed E-state index contributed by atoms with van der Waals surface area (Å²) in [6.45, 7) is 1.20. The number of nitrogens with zero attached hydrogens (tertiary/aromatic N) is 3. The van der Waals surface area contributed by atoms with E-state index in [-0.39, 0.29) is 6.61 Å². The van der Waals surface area contributed by atoms with Gasteiger partial charge in [0, 0.05) is 24.7 Å². The molecule has 94 valence electrons. The van der Waals surface area contributed by atoms with Gasteiger partial charge in [0.25, 0.3) is 0 Å². The zero-order chi connectivity index (χ0) is 12.1. The zero-order valence-corrected chi connectivity index (χ0v) is 10.0. The Bertz CT molecular complexity index is 352. The molecule has 1 heterocycles. The minimum absolute atomic E-state index is 0.136. The molecule has 1 aliphatic rings. The second-order valence-electron chi connectivity index (χ2n) is 4.44. The number of hydrogen-bond acceptors (Lipinski definition) is 5. The molecule has 5 nitrogen and oxygen atoms in total. The van der Waals surface area contributed by atoms with Crippen molar-refractivity contribution in [3.8, 4) is 0 Å².